The number of anilines is 1. The van der Waals surface area contributed by atoms with Crippen LogP contribution >= 0.6 is 0 Å². The number of methoxy groups -OCH3 is 1. The Hall–Kier alpha value is -1.36. The molecule has 0 radical (unpaired) electrons. The van der Waals surface area contributed by atoms with Crippen molar-refractivity contribution in [2.75, 3.05) is 32.7 Å². The summed E-state index contributed by atoms with van der Waals surface area (Å²) in [6, 6.07) is 0. The predicted molar refractivity (Wildman–Crippen MR) is 70.3 cm³/mol. The fraction of sp³-hybridized carbons (Fsp3) is 0.692. The van der Waals surface area contributed by atoms with Gasteiger partial charge in [-0.25, -0.2) is 4.98 Å². The summed E-state index contributed by atoms with van der Waals surface area (Å²) in [6.45, 7) is 3.31. The Bertz CT molecular complexity index is 405. The first-order valence-corrected chi connectivity index (χ1v) is 6.44. The van der Waals surface area contributed by atoms with Crippen LogP contribution in [0.2, 0.25) is 0 Å². The molecule has 0 atom stereocenters. The Morgan fingerprint density at radius 2 is 2.06 bits per heavy atom. The van der Waals surface area contributed by atoms with Crippen LogP contribution in [0.5, 0.6) is 5.88 Å². The van der Waals surface area contributed by atoms with Crippen LogP contribution in [0.1, 0.15) is 36.6 Å². The van der Waals surface area contributed by atoms with Gasteiger partial charge in [0.15, 0.2) is 0 Å². The standard InChI is InChI=1S/C13H21N3O2/c1-9-11(14-2)15-12(10-5-6-10)16-13(9)18-8-4-7-17-3/h10H,4-8H2,1-3H3,(H,14,15,16). The van der Waals surface area contributed by atoms with Crippen molar-refractivity contribution in [3.8, 4) is 5.88 Å². The van der Waals surface area contributed by atoms with Crippen molar-refractivity contribution in [1.29, 1.82) is 0 Å². The molecular weight excluding hydrogens is 230 g/mol. The molecule has 5 heteroatoms. The molecule has 1 heterocycles. The molecule has 2 rings (SSSR count). The third kappa shape index (κ3) is 3.10. The fourth-order valence-electron chi connectivity index (χ4n) is 1.79. The number of hydrogen-bond acceptors (Lipinski definition) is 5. The molecule has 0 saturated heterocycles. The van der Waals surface area contributed by atoms with Gasteiger partial charge in [0.2, 0.25) is 5.88 Å². The molecule has 18 heavy (non-hydrogen) atoms. The Morgan fingerprint density at radius 1 is 1.28 bits per heavy atom. The minimum absolute atomic E-state index is 0.527. The molecule has 1 fully saturated rings. The lowest BCUT2D eigenvalue weighted by molar-refractivity contribution is 0.170. The fourth-order valence-corrected chi connectivity index (χ4v) is 1.79. The highest BCUT2D eigenvalue weighted by Crippen LogP contribution is 2.39. The van der Waals surface area contributed by atoms with E-state index in [1.807, 2.05) is 14.0 Å². The van der Waals surface area contributed by atoms with E-state index in [2.05, 4.69) is 15.3 Å². The van der Waals surface area contributed by atoms with Crippen LogP contribution in [0.15, 0.2) is 0 Å². The first-order chi connectivity index (χ1) is 8.76. The Labute approximate surface area is 108 Å². The minimum Gasteiger partial charge on any atom is -0.477 e. The zero-order valence-corrected chi connectivity index (χ0v) is 11.3. The lowest BCUT2D eigenvalue weighted by Crippen LogP contribution is -2.08. The lowest BCUT2D eigenvalue weighted by atomic mass is 10.3. The number of nitrogens with zero attached hydrogens (tertiary/aromatic N) is 2. The number of aromatic nitrogens is 2. The summed E-state index contributed by atoms with van der Waals surface area (Å²) in [4.78, 5) is 9.06. The summed E-state index contributed by atoms with van der Waals surface area (Å²) in [6.07, 6.45) is 3.25. The third-order valence-electron chi connectivity index (χ3n) is 3.03. The minimum atomic E-state index is 0.527. The summed E-state index contributed by atoms with van der Waals surface area (Å²) in [5.41, 5.74) is 0.972. The van der Waals surface area contributed by atoms with Crippen molar-refractivity contribution in [2.45, 2.75) is 32.1 Å². The van der Waals surface area contributed by atoms with E-state index in [-0.39, 0.29) is 0 Å². The molecule has 0 spiro atoms. The highest BCUT2D eigenvalue weighted by molar-refractivity contribution is 5.48. The van der Waals surface area contributed by atoms with E-state index in [1.54, 1.807) is 7.11 Å². The molecule has 1 aromatic rings. The van der Waals surface area contributed by atoms with Crippen molar-refractivity contribution < 1.29 is 9.47 Å². The van der Waals surface area contributed by atoms with Crippen molar-refractivity contribution in [2.24, 2.45) is 0 Å². The quantitative estimate of drug-likeness (QED) is 0.752. The smallest absolute Gasteiger partial charge is 0.221 e. The molecule has 0 bridgehead atoms. The normalized spacial score (nSPS) is 14.6. The largest absolute Gasteiger partial charge is 0.477 e. The molecule has 5 nitrogen and oxygen atoms in total. The molecule has 1 aliphatic carbocycles. The van der Waals surface area contributed by atoms with Gasteiger partial charge >= 0.3 is 0 Å². The summed E-state index contributed by atoms with van der Waals surface area (Å²) in [5.74, 6) is 3.01. The molecule has 0 unspecified atom stereocenters. The zero-order valence-electron chi connectivity index (χ0n) is 11.3. The molecule has 0 aliphatic heterocycles. The van der Waals surface area contributed by atoms with Gasteiger partial charge in [0.05, 0.1) is 12.2 Å². The zero-order chi connectivity index (χ0) is 13.0. The highest BCUT2D eigenvalue weighted by atomic mass is 16.5. The van der Waals surface area contributed by atoms with Gasteiger partial charge in [-0.05, 0) is 19.8 Å². The van der Waals surface area contributed by atoms with Gasteiger partial charge < -0.3 is 14.8 Å². The summed E-state index contributed by atoms with van der Waals surface area (Å²) in [7, 11) is 3.57. The summed E-state index contributed by atoms with van der Waals surface area (Å²) >= 11 is 0. The lowest BCUT2D eigenvalue weighted by Gasteiger charge is -2.12. The van der Waals surface area contributed by atoms with Crippen LogP contribution in [0.3, 0.4) is 0 Å². The van der Waals surface area contributed by atoms with Crippen molar-refractivity contribution in [1.82, 2.24) is 9.97 Å². The van der Waals surface area contributed by atoms with Gasteiger partial charge in [-0.2, -0.15) is 4.98 Å². The molecule has 0 amide bonds. The Balaban J connectivity index is 2.08. The van der Waals surface area contributed by atoms with Gasteiger partial charge in [-0.15, -0.1) is 0 Å². The van der Waals surface area contributed by atoms with E-state index in [0.29, 0.717) is 25.0 Å². The van der Waals surface area contributed by atoms with Crippen LogP contribution in [-0.4, -0.2) is 37.3 Å². The number of rotatable bonds is 7. The molecule has 100 valence electrons. The van der Waals surface area contributed by atoms with Gasteiger partial charge in [0.25, 0.3) is 0 Å². The Kier molecular flexibility index (Phi) is 4.36. The SMILES string of the molecule is CNc1nc(C2CC2)nc(OCCCOC)c1C. The van der Waals surface area contributed by atoms with E-state index >= 15 is 0 Å². The monoisotopic (exact) mass is 251 g/mol. The summed E-state index contributed by atoms with van der Waals surface area (Å²) in [5, 5.41) is 3.10. The van der Waals surface area contributed by atoms with Crippen molar-refractivity contribution >= 4 is 5.82 Å². The molecule has 0 aromatic carbocycles. The first kappa shape index (κ1) is 13.1. The van der Waals surface area contributed by atoms with Crippen molar-refractivity contribution in [3.63, 3.8) is 0 Å². The van der Waals surface area contributed by atoms with Crippen LogP contribution in [-0.2, 0) is 4.74 Å². The molecule has 1 aliphatic rings. The molecule has 1 aromatic heterocycles. The van der Waals surface area contributed by atoms with Crippen LogP contribution < -0.4 is 10.1 Å². The molecular formula is C13H21N3O2. The second kappa shape index (κ2) is 6.00. The van der Waals surface area contributed by atoms with Gasteiger partial charge in [0.1, 0.15) is 11.6 Å². The van der Waals surface area contributed by atoms with Gasteiger partial charge in [0, 0.05) is 33.1 Å². The predicted octanol–water partition coefficient (Wildman–Crippen LogP) is 2.12. The number of hydrogen-bond donors (Lipinski definition) is 1. The second-order valence-corrected chi connectivity index (χ2v) is 4.58. The maximum Gasteiger partial charge on any atom is 0.221 e. The summed E-state index contributed by atoms with van der Waals surface area (Å²) < 4.78 is 10.7. The third-order valence-corrected chi connectivity index (χ3v) is 3.03. The maximum absolute atomic E-state index is 5.73. The van der Waals surface area contributed by atoms with E-state index in [4.69, 9.17) is 9.47 Å². The highest BCUT2D eigenvalue weighted by Gasteiger charge is 2.28. The van der Waals surface area contributed by atoms with Crippen molar-refractivity contribution in [3.05, 3.63) is 11.4 Å². The van der Waals surface area contributed by atoms with E-state index in [1.165, 1.54) is 12.8 Å². The van der Waals surface area contributed by atoms with E-state index < -0.39 is 0 Å². The number of nitrogens with one attached hydrogen (secondary N) is 1. The van der Waals surface area contributed by atoms with Gasteiger partial charge in [-0.3, -0.25) is 0 Å². The molecule has 1 saturated carbocycles. The number of ether oxygens (including phenoxy) is 2. The maximum atomic E-state index is 5.73. The van der Waals surface area contributed by atoms with Crippen LogP contribution in [0.25, 0.3) is 0 Å². The van der Waals surface area contributed by atoms with Crippen LogP contribution in [0.4, 0.5) is 5.82 Å². The topological polar surface area (TPSA) is 56.3 Å². The van der Waals surface area contributed by atoms with Gasteiger partial charge in [-0.1, -0.05) is 0 Å². The average Bonchev–Trinajstić information content (AvgIpc) is 3.20. The van der Waals surface area contributed by atoms with E-state index in [0.717, 1.165) is 23.6 Å². The van der Waals surface area contributed by atoms with E-state index in [9.17, 15) is 0 Å². The first-order valence-electron chi connectivity index (χ1n) is 6.44. The molecule has 1 N–H and O–H groups in total. The Morgan fingerprint density at radius 3 is 2.67 bits per heavy atom. The second-order valence-electron chi connectivity index (χ2n) is 4.58. The average molecular weight is 251 g/mol. The van der Waals surface area contributed by atoms with Crippen LogP contribution in [0, 0.1) is 6.92 Å².